The summed E-state index contributed by atoms with van der Waals surface area (Å²) in [6.07, 6.45) is 1.96. The van der Waals surface area contributed by atoms with Gasteiger partial charge >= 0.3 is 12.0 Å². The van der Waals surface area contributed by atoms with E-state index < -0.39 is 12.0 Å². The molecule has 2 rings (SSSR count). The molecule has 5 heteroatoms. The third-order valence-electron chi connectivity index (χ3n) is 3.28. The minimum atomic E-state index is -1.04. The third-order valence-corrected chi connectivity index (χ3v) is 3.28. The number of nitrogens with zero attached hydrogens (tertiary/aromatic N) is 1. The molecule has 2 amide bonds. The lowest BCUT2D eigenvalue weighted by molar-refractivity contribution is -0.139. The lowest BCUT2D eigenvalue weighted by Crippen LogP contribution is -2.42. The van der Waals surface area contributed by atoms with Crippen LogP contribution in [0.3, 0.4) is 0 Å². The molecule has 102 valence electrons. The number of benzene rings is 1. The Hall–Kier alpha value is -2.04. The number of carboxylic acid groups (broad SMARTS) is 1. The second kappa shape index (κ2) is 5.73. The van der Waals surface area contributed by atoms with E-state index in [4.69, 9.17) is 0 Å². The maximum absolute atomic E-state index is 12.0. The lowest BCUT2D eigenvalue weighted by Gasteiger charge is -2.21. The van der Waals surface area contributed by atoms with E-state index in [9.17, 15) is 14.7 Å². The van der Waals surface area contributed by atoms with Crippen LogP contribution in [0.15, 0.2) is 24.3 Å². The average molecular weight is 262 g/mol. The molecule has 0 bridgehead atoms. The fourth-order valence-electron chi connectivity index (χ4n) is 2.27. The quantitative estimate of drug-likeness (QED) is 0.874. The van der Waals surface area contributed by atoms with E-state index in [-0.39, 0.29) is 6.03 Å². The van der Waals surface area contributed by atoms with Gasteiger partial charge in [0.05, 0.1) is 0 Å². The van der Waals surface area contributed by atoms with Crippen LogP contribution < -0.4 is 5.32 Å². The number of aryl methyl sites for hydroxylation is 1. The summed E-state index contributed by atoms with van der Waals surface area (Å²) in [5.74, 6) is -1.04. The molecule has 1 fully saturated rings. The number of amides is 2. The van der Waals surface area contributed by atoms with Gasteiger partial charge in [0, 0.05) is 13.1 Å². The molecule has 0 radical (unpaired) electrons. The van der Waals surface area contributed by atoms with Gasteiger partial charge in [0.1, 0.15) is 0 Å². The standard InChI is InChI=1S/C14H18N2O3/c1-10-5-4-6-11(9-10)12(13(17)18)15-14(19)16-7-2-3-8-16/h4-6,9,12H,2-3,7-8H2,1H3,(H,15,19)(H,17,18)/t12-/m1/s1. The van der Waals surface area contributed by atoms with Crippen LogP contribution in [0.4, 0.5) is 4.79 Å². The molecule has 0 aliphatic carbocycles. The van der Waals surface area contributed by atoms with Crippen molar-refractivity contribution in [3.8, 4) is 0 Å². The summed E-state index contributed by atoms with van der Waals surface area (Å²) >= 11 is 0. The molecule has 1 heterocycles. The third kappa shape index (κ3) is 3.24. The van der Waals surface area contributed by atoms with E-state index in [0.29, 0.717) is 18.7 Å². The molecule has 5 nitrogen and oxygen atoms in total. The molecule has 1 saturated heterocycles. The zero-order valence-electron chi connectivity index (χ0n) is 10.9. The van der Waals surface area contributed by atoms with Crippen LogP contribution in [0.25, 0.3) is 0 Å². The summed E-state index contributed by atoms with van der Waals surface area (Å²) in [7, 11) is 0. The maximum atomic E-state index is 12.0. The maximum Gasteiger partial charge on any atom is 0.330 e. The Balaban J connectivity index is 2.12. The first kappa shape index (κ1) is 13.4. The van der Waals surface area contributed by atoms with Crippen molar-refractivity contribution in [1.82, 2.24) is 10.2 Å². The molecular formula is C14H18N2O3. The number of aliphatic carboxylic acids is 1. The Kier molecular flexibility index (Phi) is 4.04. The van der Waals surface area contributed by atoms with Crippen molar-refractivity contribution in [2.75, 3.05) is 13.1 Å². The average Bonchev–Trinajstić information content (AvgIpc) is 2.89. The monoisotopic (exact) mass is 262 g/mol. The van der Waals surface area contributed by atoms with E-state index in [1.165, 1.54) is 0 Å². The molecular weight excluding hydrogens is 244 g/mol. The predicted molar refractivity (Wildman–Crippen MR) is 70.9 cm³/mol. The van der Waals surface area contributed by atoms with E-state index >= 15 is 0 Å². The largest absolute Gasteiger partial charge is 0.479 e. The van der Waals surface area contributed by atoms with Crippen molar-refractivity contribution in [1.29, 1.82) is 0 Å². The van der Waals surface area contributed by atoms with E-state index in [0.717, 1.165) is 18.4 Å². The van der Waals surface area contributed by atoms with Crippen LogP contribution in [-0.2, 0) is 4.79 Å². The Morgan fingerprint density at radius 2 is 2.00 bits per heavy atom. The van der Waals surface area contributed by atoms with Crippen LogP contribution >= 0.6 is 0 Å². The van der Waals surface area contributed by atoms with Crippen LogP contribution in [0.5, 0.6) is 0 Å². The molecule has 0 saturated carbocycles. The van der Waals surface area contributed by atoms with Crippen molar-refractivity contribution >= 4 is 12.0 Å². The Bertz CT molecular complexity index is 481. The number of carboxylic acids is 1. The van der Waals surface area contributed by atoms with Gasteiger partial charge in [-0.3, -0.25) is 0 Å². The van der Waals surface area contributed by atoms with Crippen molar-refractivity contribution < 1.29 is 14.7 Å². The Morgan fingerprint density at radius 1 is 1.32 bits per heavy atom. The number of urea groups is 1. The highest BCUT2D eigenvalue weighted by atomic mass is 16.4. The summed E-state index contributed by atoms with van der Waals surface area (Å²) in [6, 6.07) is 5.89. The van der Waals surface area contributed by atoms with Crippen LogP contribution in [0.2, 0.25) is 0 Å². The molecule has 1 aromatic rings. The van der Waals surface area contributed by atoms with Gasteiger partial charge in [0.2, 0.25) is 0 Å². The fourth-order valence-corrected chi connectivity index (χ4v) is 2.27. The van der Waals surface area contributed by atoms with Gasteiger partial charge in [-0.2, -0.15) is 0 Å². The minimum absolute atomic E-state index is 0.300. The van der Waals surface area contributed by atoms with Gasteiger partial charge in [-0.25, -0.2) is 9.59 Å². The molecule has 1 aliphatic heterocycles. The van der Waals surface area contributed by atoms with Gasteiger partial charge in [-0.05, 0) is 25.3 Å². The van der Waals surface area contributed by atoms with Gasteiger partial charge < -0.3 is 15.3 Å². The first-order valence-corrected chi connectivity index (χ1v) is 6.43. The molecule has 2 N–H and O–H groups in total. The van der Waals surface area contributed by atoms with E-state index in [1.807, 2.05) is 13.0 Å². The fraction of sp³-hybridized carbons (Fsp3) is 0.429. The zero-order valence-corrected chi connectivity index (χ0v) is 10.9. The van der Waals surface area contributed by atoms with E-state index in [2.05, 4.69) is 5.32 Å². The van der Waals surface area contributed by atoms with Crippen LogP contribution in [0.1, 0.15) is 30.0 Å². The molecule has 1 atom stereocenters. The van der Waals surface area contributed by atoms with Crippen molar-refractivity contribution in [2.24, 2.45) is 0 Å². The first-order valence-electron chi connectivity index (χ1n) is 6.43. The number of hydrogen-bond donors (Lipinski definition) is 2. The molecule has 19 heavy (non-hydrogen) atoms. The second-order valence-corrected chi connectivity index (χ2v) is 4.83. The summed E-state index contributed by atoms with van der Waals surface area (Å²) in [5, 5.41) is 11.9. The normalized spacial score (nSPS) is 16.2. The highest BCUT2D eigenvalue weighted by Gasteiger charge is 2.26. The SMILES string of the molecule is Cc1cccc([C@@H](NC(=O)N2CCCC2)C(=O)O)c1. The number of hydrogen-bond acceptors (Lipinski definition) is 2. The van der Waals surface area contributed by atoms with Crippen molar-refractivity contribution in [2.45, 2.75) is 25.8 Å². The highest BCUT2D eigenvalue weighted by molar-refractivity contribution is 5.83. The van der Waals surface area contributed by atoms with Gasteiger partial charge in [-0.1, -0.05) is 29.8 Å². The number of rotatable bonds is 3. The number of carbonyl (C=O) groups excluding carboxylic acids is 1. The first-order chi connectivity index (χ1) is 9.08. The van der Waals surface area contributed by atoms with Gasteiger partial charge in [0.15, 0.2) is 6.04 Å². The molecule has 0 unspecified atom stereocenters. The molecule has 1 aromatic carbocycles. The number of nitrogens with one attached hydrogen (secondary N) is 1. The minimum Gasteiger partial charge on any atom is -0.479 e. The predicted octanol–water partition coefficient (Wildman–Crippen LogP) is 1.93. The summed E-state index contributed by atoms with van der Waals surface area (Å²) < 4.78 is 0. The Labute approximate surface area is 112 Å². The number of carbonyl (C=O) groups is 2. The smallest absolute Gasteiger partial charge is 0.330 e. The summed E-state index contributed by atoms with van der Waals surface area (Å²) in [5.41, 5.74) is 1.57. The van der Waals surface area contributed by atoms with Crippen molar-refractivity contribution in [3.05, 3.63) is 35.4 Å². The second-order valence-electron chi connectivity index (χ2n) is 4.83. The zero-order chi connectivity index (χ0) is 13.8. The van der Waals surface area contributed by atoms with Crippen LogP contribution in [-0.4, -0.2) is 35.1 Å². The van der Waals surface area contributed by atoms with Crippen molar-refractivity contribution in [3.63, 3.8) is 0 Å². The van der Waals surface area contributed by atoms with Gasteiger partial charge in [-0.15, -0.1) is 0 Å². The summed E-state index contributed by atoms with van der Waals surface area (Å²) in [4.78, 5) is 25.0. The number of likely N-dealkylation sites (tertiary alicyclic amines) is 1. The topological polar surface area (TPSA) is 69.6 Å². The summed E-state index contributed by atoms with van der Waals surface area (Å²) in [6.45, 7) is 3.29. The van der Waals surface area contributed by atoms with Crippen LogP contribution in [0, 0.1) is 6.92 Å². The molecule has 0 spiro atoms. The lowest BCUT2D eigenvalue weighted by atomic mass is 10.0. The molecule has 1 aliphatic rings. The van der Waals surface area contributed by atoms with Gasteiger partial charge in [0.25, 0.3) is 0 Å². The Morgan fingerprint density at radius 3 is 2.58 bits per heavy atom. The molecule has 0 aromatic heterocycles. The van der Waals surface area contributed by atoms with E-state index in [1.54, 1.807) is 23.1 Å². The highest BCUT2D eigenvalue weighted by Crippen LogP contribution is 2.16.